The molecule has 7 heteroatoms. The van der Waals surface area contributed by atoms with E-state index in [1.54, 1.807) is 24.3 Å². The number of anilines is 1. The second-order valence-electron chi connectivity index (χ2n) is 9.15. The van der Waals surface area contributed by atoms with E-state index in [2.05, 4.69) is 16.0 Å². The molecule has 0 radical (unpaired) electrons. The molecule has 4 saturated carbocycles. The Morgan fingerprint density at radius 3 is 2.31 bits per heavy atom. The largest absolute Gasteiger partial charge is 0.481 e. The average Bonchev–Trinajstić information content (AvgIpc) is 2.59. The first-order valence-electron chi connectivity index (χ1n) is 10.6. The third kappa shape index (κ3) is 4.89. The third-order valence-electron chi connectivity index (χ3n) is 6.62. The molecule has 4 N–H and O–H groups in total. The van der Waals surface area contributed by atoms with Crippen molar-refractivity contribution in [3.05, 3.63) is 29.8 Å². The zero-order chi connectivity index (χ0) is 20.4. The summed E-state index contributed by atoms with van der Waals surface area (Å²) in [5.41, 5.74) is 1.15. The van der Waals surface area contributed by atoms with Gasteiger partial charge in [-0.1, -0.05) is 12.1 Å². The van der Waals surface area contributed by atoms with Crippen LogP contribution in [0.15, 0.2) is 24.3 Å². The molecular formula is C22H29N3O4. The van der Waals surface area contributed by atoms with Crippen molar-refractivity contribution in [2.24, 2.45) is 17.8 Å². The van der Waals surface area contributed by atoms with Gasteiger partial charge in [0.15, 0.2) is 0 Å². The van der Waals surface area contributed by atoms with Crippen molar-refractivity contribution in [3.8, 4) is 0 Å². The maximum atomic E-state index is 12.4. The van der Waals surface area contributed by atoms with Crippen LogP contribution in [0, 0.1) is 17.8 Å². The van der Waals surface area contributed by atoms with E-state index in [4.69, 9.17) is 5.11 Å². The highest BCUT2D eigenvalue weighted by molar-refractivity contribution is 5.91. The Balaban J connectivity index is 1.21. The summed E-state index contributed by atoms with van der Waals surface area (Å²) in [6.45, 7) is 0.263. The molecule has 4 aliphatic carbocycles. The summed E-state index contributed by atoms with van der Waals surface area (Å²) in [5, 5.41) is 17.7. The number of hydrogen-bond acceptors (Lipinski definition) is 3. The zero-order valence-electron chi connectivity index (χ0n) is 16.6. The Morgan fingerprint density at radius 1 is 1.03 bits per heavy atom. The zero-order valence-corrected chi connectivity index (χ0v) is 16.6. The topological polar surface area (TPSA) is 108 Å². The first kappa shape index (κ1) is 19.7. The molecule has 0 saturated heterocycles. The maximum Gasteiger partial charge on any atom is 0.315 e. The number of rotatable bonds is 7. The van der Waals surface area contributed by atoms with Crippen molar-refractivity contribution < 1.29 is 19.5 Å². The molecule has 0 atom stereocenters. The Hall–Kier alpha value is -2.57. The van der Waals surface area contributed by atoms with Crippen LogP contribution in [0.3, 0.4) is 0 Å². The normalized spacial score (nSPS) is 29.3. The van der Waals surface area contributed by atoms with Gasteiger partial charge in [0, 0.05) is 24.2 Å². The number of hydrogen-bond donors (Lipinski definition) is 4. The molecule has 29 heavy (non-hydrogen) atoms. The van der Waals surface area contributed by atoms with Gasteiger partial charge in [-0.3, -0.25) is 9.59 Å². The quantitative estimate of drug-likeness (QED) is 0.565. The minimum atomic E-state index is -0.914. The van der Waals surface area contributed by atoms with E-state index in [-0.39, 0.29) is 36.9 Å². The summed E-state index contributed by atoms with van der Waals surface area (Å²) < 4.78 is 0. The lowest BCUT2D eigenvalue weighted by Crippen LogP contribution is -2.61. The van der Waals surface area contributed by atoms with E-state index >= 15 is 0 Å². The molecule has 3 amide bonds. The lowest BCUT2D eigenvalue weighted by Gasteiger charge is -2.56. The Kier molecular flexibility index (Phi) is 5.48. The lowest BCUT2D eigenvalue weighted by atomic mass is 9.53. The highest BCUT2D eigenvalue weighted by Gasteiger charge is 2.51. The summed E-state index contributed by atoms with van der Waals surface area (Å²) >= 11 is 0. The van der Waals surface area contributed by atoms with E-state index in [1.165, 1.54) is 19.3 Å². The predicted octanol–water partition coefficient (Wildman–Crippen LogP) is 2.91. The van der Waals surface area contributed by atoms with Crippen LogP contribution in [0.4, 0.5) is 10.5 Å². The van der Waals surface area contributed by atoms with E-state index in [0.29, 0.717) is 11.3 Å². The SMILES string of the molecule is O=C(O)Cc1cccc(NC(=O)CCNC(=O)NC23CC4CC(CC(C4)C2)C3)c1. The Labute approximate surface area is 170 Å². The summed E-state index contributed by atoms with van der Waals surface area (Å²) in [7, 11) is 0. The molecule has 4 fully saturated rings. The molecule has 1 aromatic rings. The van der Waals surface area contributed by atoms with Gasteiger partial charge in [0.05, 0.1) is 6.42 Å². The van der Waals surface area contributed by atoms with Crippen LogP contribution >= 0.6 is 0 Å². The number of benzene rings is 1. The first-order chi connectivity index (χ1) is 13.9. The molecule has 0 aliphatic heterocycles. The summed E-state index contributed by atoms with van der Waals surface area (Å²) in [6.07, 6.45) is 7.36. The van der Waals surface area contributed by atoms with Crippen LogP contribution < -0.4 is 16.0 Å². The molecule has 5 rings (SSSR count). The van der Waals surface area contributed by atoms with Gasteiger partial charge in [-0.2, -0.15) is 0 Å². The molecule has 0 spiro atoms. The van der Waals surface area contributed by atoms with Crippen LogP contribution in [0.5, 0.6) is 0 Å². The molecular weight excluding hydrogens is 370 g/mol. The van der Waals surface area contributed by atoms with Crippen molar-refractivity contribution in [2.75, 3.05) is 11.9 Å². The van der Waals surface area contributed by atoms with Crippen molar-refractivity contribution in [1.82, 2.24) is 10.6 Å². The molecule has 156 valence electrons. The molecule has 0 aromatic heterocycles. The summed E-state index contributed by atoms with van der Waals surface area (Å²) in [5.74, 6) is 1.17. The monoisotopic (exact) mass is 399 g/mol. The van der Waals surface area contributed by atoms with Crippen molar-refractivity contribution in [3.63, 3.8) is 0 Å². The van der Waals surface area contributed by atoms with Gasteiger partial charge < -0.3 is 21.1 Å². The number of carboxylic acid groups (broad SMARTS) is 1. The van der Waals surface area contributed by atoms with E-state index in [9.17, 15) is 14.4 Å². The maximum absolute atomic E-state index is 12.4. The fourth-order valence-electron chi connectivity index (χ4n) is 6.00. The number of aliphatic carboxylic acids is 1. The van der Waals surface area contributed by atoms with Crippen molar-refractivity contribution >= 4 is 23.6 Å². The number of amides is 3. The Morgan fingerprint density at radius 2 is 1.69 bits per heavy atom. The van der Waals surface area contributed by atoms with Gasteiger partial charge in [0.1, 0.15) is 0 Å². The van der Waals surface area contributed by atoms with Crippen LogP contribution in [0.1, 0.15) is 50.5 Å². The average molecular weight is 399 g/mol. The molecule has 4 bridgehead atoms. The van der Waals surface area contributed by atoms with E-state index < -0.39 is 5.97 Å². The van der Waals surface area contributed by atoms with Gasteiger partial charge in [0.25, 0.3) is 0 Å². The van der Waals surface area contributed by atoms with Gasteiger partial charge in [-0.25, -0.2) is 4.79 Å². The molecule has 0 heterocycles. The minimum Gasteiger partial charge on any atom is -0.481 e. The molecule has 0 unspecified atom stereocenters. The van der Waals surface area contributed by atoms with Crippen LogP contribution in [0.25, 0.3) is 0 Å². The van der Waals surface area contributed by atoms with Crippen LogP contribution in [0.2, 0.25) is 0 Å². The standard InChI is InChI=1S/C22H29N3O4/c26-19(24-18-3-1-2-14(9-18)10-20(27)28)4-5-23-21(29)25-22-11-15-6-16(12-22)8-17(7-15)13-22/h1-3,9,15-17H,4-8,10-13H2,(H,24,26)(H,27,28)(H2,23,25,29). The second kappa shape index (κ2) is 8.05. The number of nitrogens with one attached hydrogen (secondary N) is 3. The molecule has 1 aromatic carbocycles. The van der Waals surface area contributed by atoms with Crippen molar-refractivity contribution in [2.45, 2.75) is 56.9 Å². The predicted molar refractivity (Wildman–Crippen MR) is 108 cm³/mol. The molecule has 7 nitrogen and oxygen atoms in total. The van der Waals surface area contributed by atoms with E-state index in [0.717, 1.165) is 37.0 Å². The van der Waals surface area contributed by atoms with Gasteiger partial charge >= 0.3 is 12.0 Å². The third-order valence-corrected chi connectivity index (χ3v) is 6.62. The fourth-order valence-corrected chi connectivity index (χ4v) is 6.00. The van der Waals surface area contributed by atoms with Gasteiger partial charge in [0.2, 0.25) is 5.91 Å². The highest BCUT2D eigenvalue weighted by atomic mass is 16.4. The van der Waals surface area contributed by atoms with Crippen LogP contribution in [-0.4, -0.2) is 35.1 Å². The van der Waals surface area contributed by atoms with Crippen molar-refractivity contribution in [1.29, 1.82) is 0 Å². The summed E-state index contributed by atoms with van der Waals surface area (Å²) in [6, 6.07) is 6.61. The Bertz CT molecular complexity index is 772. The van der Waals surface area contributed by atoms with E-state index in [1.807, 2.05) is 0 Å². The van der Waals surface area contributed by atoms with Gasteiger partial charge in [-0.15, -0.1) is 0 Å². The molecule has 4 aliphatic rings. The second-order valence-corrected chi connectivity index (χ2v) is 9.15. The van der Waals surface area contributed by atoms with Gasteiger partial charge in [-0.05, 0) is 74.0 Å². The lowest BCUT2D eigenvalue weighted by molar-refractivity contribution is -0.136. The number of urea groups is 1. The highest BCUT2D eigenvalue weighted by Crippen LogP contribution is 2.55. The van der Waals surface area contributed by atoms with Crippen LogP contribution in [-0.2, 0) is 16.0 Å². The summed E-state index contributed by atoms with van der Waals surface area (Å²) in [4.78, 5) is 35.3. The minimum absolute atomic E-state index is 0.0360. The number of carbonyl (C=O) groups excluding carboxylic acids is 2. The fraction of sp³-hybridized carbons (Fsp3) is 0.591. The smallest absolute Gasteiger partial charge is 0.315 e. The number of carbonyl (C=O) groups is 3. The number of carboxylic acids is 1. The first-order valence-corrected chi connectivity index (χ1v) is 10.6.